The number of thioether (sulfide) groups is 2. The SMILES string of the molecule is C=C(C)CC(SC)Sc1ccccc1. The van der Waals surface area contributed by atoms with Crippen molar-refractivity contribution in [1.29, 1.82) is 0 Å². The van der Waals surface area contributed by atoms with Crippen molar-refractivity contribution in [3.8, 4) is 0 Å². The van der Waals surface area contributed by atoms with Crippen molar-refractivity contribution in [1.82, 2.24) is 0 Å². The molecule has 0 spiro atoms. The molecule has 0 aliphatic heterocycles. The zero-order valence-corrected chi connectivity index (χ0v) is 10.3. The Bertz CT molecular complexity index is 280. The summed E-state index contributed by atoms with van der Waals surface area (Å²) in [5.74, 6) is 0. The van der Waals surface area contributed by atoms with Crippen LogP contribution in [0.3, 0.4) is 0 Å². The van der Waals surface area contributed by atoms with E-state index in [1.54, 1.807) is 0 Å². The molecule has 0 fully saturated rings. The maximum absolute atomic E-state index is 3.96. The van der Waals surface area contributed by atoms with Gasteiger partial charge in [0.2, 0.25) is 0 Å². The molecule has 76 valence electrons. The van der Waals surface area contributed by atoms with Gasteiger partial charge in [-0.2, -0.15) is 11.8 Å². The van der Waals surface area contributed by atoms with Gasteiger partial charge in [0, 0.05) is 4.90 Å². The lowest BCUT2D eigenvalue weighted by Gasteiger charge is -2.13. The molecule has 0 saturated carbocycles. The van der Waals surface area contributed by atoms with Gasteiger partial charge in [-0.25, -0.2) is 0 Å². The van der Waals surface area contributed by atoms with Gasteiger partial charge in [-0.1, -0.05) is 23.8 Å². The number of allylic oxidation sites excluding steroid dienone is 1. The standard InChI is InChI=1S/C12H16S2/c1-10(2)9-12(13-3)14-11-7-5-4-6-8-11/h4-8,12H,1,9H2,2-3H3. The van der Waals surface area contributed by atoms with E-state index in [2.05, 4.69) is 50.1 Å². The smallest absolute Gasteiger partial charge is 0.0583 e. The Balaban J connectivity index is 2.53. The number of benzene rings is 1. The van der Waals surface area contributed by atoms with Crippen LogP contribution in [0.2, 0.25) is 0 Å². The monoisotopic (exact) mass is 224 g/mol. The Labute approximate surface area is 95.2 Å². The number of hydrogen-bond donors (Lipinski definition) is 0. The lowest BCUT2D eigenvalue weighted by Crippen LogP contribution is -1.96. The maximum atomic E-state index is 3.96. The van der Waals surface area contributed by atoms with E-state index in [1.165, 1.54) is 10.5 Å². The summed E-state index contributed by atoms with van der Waals surface area (Å²) in [6, 6.07) is 10.5. The second-order valence-electron chi connectivity index (χ2n) is 3.26. The van der Waals surface area contributed by atoms with Gasteiger partial charge in [-0.05, 0) is 31.7 Å². The van der Waals surface area contributed by atoms with Crippen molar-refractivity contribution in [2.24, 2.45) is 0 Å². The van der Waals surface area contributed by atoms with Crippen LogP contribution in [0.25, 0.3) is 0 Å². The minimum absolute atomic E-state index is 0.592. The van der Waals surface area contributed by atoms with E-state index in [-0.39, 0.29) is 0 Å². The van der Waals surface area contributed by atoms with E-state index in [4.69, 9.17) is 0 Å². The molecule has 14 heavy (non-hydrogen) atoms. The fourth-order valence-electron chi connectivity index (χ4n) is 1.11. The summed E-state index contributed by atoms with van der Waals surface area (Å²) in [6.45, 7) is 6.05. The third kappa shape index (κ3) is 4.25. The average molecular weight is 224 g/mol. The van der Waals surface area contributed by atoms with Gasteiger partial charge in [-0.3, -0.25) is 0 Å². The average Bonchev–Trinajstić information content (AvgIpc) is 2.17. The molecule has 0 amide bonds. The molecule has 1 unspecified atom stereocenters. The lowest BCUT2D eigenvalue weighted by atomic mass is 10.3. The highest BCUT2D eigenvalue weighted by molar-refractivity contribution is 8.16. The van der Waals surface area contributed by atoms with Gasteiger partial charge < -0.3 is 0 Å². The predicted octanol–water partition coefficient (Wildman–Crippen LogP) is 4.43. The third-order valence-corrected chi connectivity index (χ3v) is 4.32. The summed E-state index contributed by atoms with van der Waals surface area (Å²) in [6.07, 6.45) is 3.24. The summed E-state index contributed by atoms with van der Waals surface area (Å²) < 4.78 is 0.592. The van der Waals surface area contributed by atoms with Crippen LogP contribution in [0, 0.1) is 0 Å². The first-order valence-corrected chi connectivity index (χ1v) is 6.78. The molecule has 0 saturated heterocycles. The quantitative estimate of drug-likeness (QED) is 0.412. The Morgan fingerprint density at radius 2 is 2.00 bits per heavy atom. The van der Waals surface area contributed by atoms with Crippen molar-refractivity contribution < 1.29 is 0 Å². The van der Waals surface area contributed by atoms with Crippen LogP contribution in [0.4, 0.5) is 0 Å². The van der Waals surface area contributed by atoms with Crippen LogP contribution < -0.4 is 0 Å². The fourth-order valence-corrected chi connectivity index (χ4v) is 3.26. The Morgan fingerprint density at radius 1 is 1.36 bits per heavy atom. The number of hydrogen-bond acceptors (Lipinski definition) is 2. The summed E-state index contributed by atoms with van der Waals surface area (Å²) in [5, 5.41) is 0. The van der Waals surface area contributed by atoms with Crippen LogP contribution in [0.5, 0.6) is 0 Å². The molecule has 1 aromatic carbocycles. The van der Waals surface area contributed by atoms with E-state index >= 15 is 0 Å². The second-order valence-corrected chi connectivity index (χ2v) is 5.87. The van der Waals surface area contributed by atoms with Crippen LogP contribution in [-0.4, -0.2) is 10.8 Å². The maximum Gasteiger partial charge on any atom is 0.0583 e. The normalized spacial score (nSPS) is 12.4. The molecule has 1 aromatic rings. The van der Waals surface area contributed by atoms with Gasteiger partial charge in [0.15, 0.2) is 0 Å². The molecular formula is C12H16S2. The molecule has 0 aromatic heterocycles. The molecule has 0 bridgehead atoms. The fraction of sp³-hybridized carbons (Fsp3) is 0.333. The van der Waals surface area contributed by atoms with Gasteiger partial charge in [0.25, 0.3) is 0 Å². The van der Waals surface area contributed by atoms with Gasteiger partial charge >= 0.3 is 0 Å². The van der Waals surface area contributed by atoms with Crippen LogP contribution in [-0.2, 0) is 0 Å². The second kappa shape index (κ2) is 6.20. The Hall–Kier alpha value is -0.340. The topological polar surface area (TPSA) is 0 Å². The highest BCUT2D eigenvalue weighted by atomic mass is 32.2. The Morgan fingerprint density at radius 3 is 2.50 bits per heavy atom. The van der Waals surface area contributed by atoms with Gasteiger partial charge in [-0.15, -0.1) is 18.3 Å². The first-order chi connectivity index (χ1) is 6.72. The van der Waals surface area contributed by atoms with Gasteiger partial charge in [0.05, 0.1) is 4.58 Å². The summed E-state index contributed by atoms with van der Waals surface area (Å²) >= 11 is 3.81. The summed E-state index contributed by atoms with van der Waals surface area (Å²) in [7, 11) is 0. The highest BCUT2D eigenvalue weighted by Crippen LogP contribution is 2.33. The minimum Gasteiger partial charge on any atom is -0.150 e. The van der Waals surface area contributed by atoms with Crippen molar-refractivity contribution in [3.63, 3.8) is 0 Å². The molecule has 1 atom stereocenters. The van der Waals surface area contributed by atoms with E-state index in [0.29, 0.717) is 4.58 Å². The van der Waals surface area contributed by atoms with Gasteiger partial charge in [0.1, 0.15) is 0 Å². The van der Waals surface area contributed by atoms with Crippen LogP contribution >= 0.6 is 23.5 Å². The molecule has 0 heterocycles. The molecule has 1 rings (SSSR count). The first-order valence-electron chi connectivity index (χ1n) is 4.61. The van der Waals surface area contributed by atoms with E-state index in [1.807, 2.05) is 23.5 Å². The lowest BCUT2D eigenvalue weighted by molar-refractivity contribution is 1.08. The molecule has 0 radical (unpaired) electrons. The van der Waals surface area contributed by atoms with E-state index in [0.717, 1.165) is 6.42 Å². The van der Waals surface area contributed by atoms with Crippen molar-refractivity contribution >= 4 is 23.5 Å². The summed E-state index contributed by atoms with van der Waals surface area (Å²) in [5.41, 5.74) is 1.26. The molecule has 2 heteroatoms. The van der Waals surface area contributed by atoms with E-state index in [9.17, 15) is 0 Å². The van der Waals surface area contributed by atoms with Crippen molar-refractivity contribution in [2.75, 3.05) is 6.26 Å². The molecule has 0 nitrogen and oxygen atoms in total. The van der Waals surface area contributed by atoms with Crippen LogP contribution in [0.15, 0.2) is 47.4 Å². The molecule has 0 N–H and O–H groups in total. The van der Waals surface area contributed by atoms with Crippen molar-refractivity contribution in [3.05, 3.63) is 42.5 Å². The molecule has 0 aliphatic rings. The largest absolute Gasteiger partial charge is 0.150 e. The zero-order valence-electron chi connectivity index (χ0n) is 8.69. The Kier molecular flexibility index (Phi) is 5.20. The first kappa shape index (κ1) is 11.7. The molecule has 0 aliphatic carbocycles. The molecular weight excluding hydrogens is 208 g/mol. The third-order valence-electron chi connectivity index (χ3n) is 1.79. The predicted molar refractivity (Wildman–Crippen MR) is 69.0 cm³/mol. The minimum atomic E-state index is 0.592. The number of rotatable bonds is 5. The van der Waals surface area contributed by atoms with E-state index < -0.39 is 0 Å². The summed E-state index contributed by atoms with van der Waals surface area (Å²) in [4.78, 5) is 1.34. The van der Waals surface area contributed by atoms with Crippen molar-refractivity contribution in [2.45, 2.75) is 22.8 Å². The zero-order chi connectivity index (χ0) is 10.4. The highest BCUT2D eigenvalue weighted by Gasteiger charge is 2.08. The van der Waals surface area contributed by atoms with Crippen LogP contribution in [0.1, 0.15) is 13.3 Å².